The molecule has 2 aliphatic rings. The van der Waals surface area contributed by atoms with Crippen LogP contribution in [0.1, 0.15) is 31.2 Å². The summed E-state index contributed by atoms with van der Waals surface area (Å²) in [6.07, 6.45) is 4.76. The van der Waals surface area contributed by atoms with Crippen LogP contribution in [0.15, 0.2) is 0 Å². The van der Waals surface area contributed by atoms with Crippen LogP contribution < -0.4 is 4.90 Å². The molecule has 1 aromatic rings. The molecule has 0 atom stereocenters. The maximum atomic E-state index is 9.27. The van der Waals surface area contributed by atoms with Crippen LogP contribution in [0.25, 0.3) is 0 Å². The number of halogens is 1. The van der Waals surface area contributed by atoms with E-state index in [1.807, 2.05) is 0 Å². The highest BCUT2D eigenvalue weighted by Gasteiger charge is 2.44. The molecule has 102 valence electrons. The SMILES string of the molecule is CN1CCC2(CCCN2c2snc(Cl)c2C#N)CC1. The Morgan fingerprint density at radius 3 is 2.74 bits per heavy atom. The predicted molar refractivity (Wildman–Crippen MR) is 77.9 cm³/mol. The first kappa shape index (κ1) is 13.2. The Morgan fingerprint density at radius 2 is 2.05 bits per heavy atom. The van der Waals surface area contributed by atoms with E-state index in [2.05, 4.69) is 27.3 Å². The highest BCUT2D eigenvalue weighted by Crippen LogP contribution is 2.44. The van der Waals surface area contributed by atoms with Crippen molar-refractivity contribution in [2.24, 2.45) is 0 Å². The second-order valence-corrected chi connectivity index (χ2v) is 6.66. The van der Waals surface area contributed by atoms with E-state index in [4.69, 9.17) is 11.6 Å². The van der Waals surface area contributed by atoms with Crippen LogP contribution in [-0.4, -0.2) is 41.5 Å². The Morgan fingerprint density at radius 1 is 1.32 bits per heavy atom. The van der Waals surface area contributed by atoms with E-state index in [-0.39, 0.29) is 5.54 Å². The minimum absolute atomic E-state index is 0.230. The molecule has 19 heavy (non-hydrogen) atoms. The zero-order valence-corrected chi connectivity index (χ0v) is 12.6. The van der Waals surface area contributed by atoms with E-state index in [9.17, 15) is 5.26 Å². The normalized spacial score (nSPS) is 22.9. The molecule has 1 aromatic heterocycles. The van der Waals surface area contributed by atoms with Gasteiger partial charge in [-0.05, 0) is 44.3 Å². The van der Waals surface area contributed by atoms with Crippen molar-refractivity contribution in [2.45, 2.75) is 31.2 Å². The van der Waals surface area contributed by atoms with Gasteiger partial charge < -0.3 is 9.80 Å². The van der Waals surface area contributed by atoms with Crippen molar-refractivity contribution >= 4 is 28.1 Å². The topological polar surface area (TPSA) is 43.2 Å². The van der Waals surface area contributed by atoms with Crippen molar-refractivity contribution in [1.82, 2.24) is 9.27 Å². The summed E-state index contributed by atoms with van der Waals surface area (Å²) >= 11 is 7.39. The van der Waals surface area contributed by atoms with Crippen molar-refractivity contribution in [3.8, 4) is 6.07 Å². The molecule has 0 N–H and O–H groups in total. The van der Waals surface area contributed by atoms with Gasteiger partial charge >= 0.3 is 0 Å². The molecule has 0 saturated carbocycles. The molecule has 6 heteroatoms. The highest BCUT2D eigenvalue weighted by atomic mass is 35.5. The summed E-state index contributed by atoms with van der Waals surface area (Å²) in [6.45, 7) is 3.28. The summed E-state index contributed by atoms with van der Waals surface area (Å²) in [5.41, 5.74) is 0.792. The van der Waals surface area contributed by atoms with E-state index in [0.29, 0.717) is 10.7 Å². The van der Waals surface area contributed by atoms with Crippen LogP contribution in [0.5, 0.6) is 0 Å². The standard InChI is InChI=1S/C13H17ClN4S/c1-17-7-4-13(5-8-17)3-2-6-18(13)12-10(9-15)11(14)16-19-12/h2-8H2,1H3. The summed E-state index contributed by atoms with van der Waals surface area (Å²) in [7, 11) is 2.18. The zero-order valence-electron chi connectivity index (χ0n) is 11.0. The maximum absolute atomic E-state index is 9.27. The van der Waals surface area contributed by atoms with Gasteiger partial charge in [0.25, 0.3) is 0 Å². The molecule has 3 rings (SSSR count). The molecule has 2 fully saturated rings. The average molecular weight is 297 g/mol. The smallest absolute Gasteiger partial charge is 0.162 e. The number of hydrogen-bond donors (Lipinski definition) is 0. The van der Waals surface area contributed by atoms with Crippen molar-refractivity contribution in [3.63, 3.8) is 0 Å². The lowest BCUT2D eigenvalue weighted by atomic mass is 9.85. The summed E-state index contributed by atoms with van der Waals surface area (Å²) < 4.78 is 4.16. The molecule has 0 unspecified atom stereocenters. The van der Waals surface area contributed by atoms with Crippen LogP contribution in [-0.2, 0) is 0 Å². The van der Waals surface area contributed by atoms with E-state index in [1.54, 1.807) is 0 Å². The van der Waals surface area contributed by atoms with Crippen molar-refractivity contribution in [3.05, 3.63) is 10.7 Å². The monoisotopic (exact) mass is 296 g/mol. The van der Waals surface area contributed by atoms with Gasteiger partial charge in [0.1, 0.15) is 16.6 Å². The first-order chi connectivity index (χ1) is 9.16. The molecule has 0 aliphatic carbocycles. The Labute approximate surface area is 122 Å². The van der Waals surface area contributed by atoms with E-state index in [0.717, 1.165) is 24.6 Å². The highest BCUT2D eigenvalue weighted by molar-refractivity contribution is 7.10. The van der Waals surface area contributed by atoms with Gasteiger partial charge in [-0.1, -0.05) is 11.6 Å². The molecule has 3 heterocycles. The number of piperidine rings is 1. The first-order valence-electron chi connectivity index (χ1n) is 6.68. The van der Waals surface area contributed by atoms with Gasteiger partial charge in [-0.2, -0.15) is 9.64 Å². The van der Waals surface area contributed by atoms with E-state index < -0.39 is 0 Å². The summed E-state index contributed by atoms with van der Waals surface area (Å²) in [5.74, 6) is 0. The van der Waals surface area contributed by atoms with Gasteiger partial charge in [0, 0.05) is 25.2 Å². The molecule has 0 amide bonds. The van der Waals surface area contributed by atoms with Gasteiger partial charge in [0.2, 0.25) is 0 Å². The zero-order chi connectivity index (χ0) is 13.5. The van der Waals surface area contributed by atoms with E-state index in [1.165, 1.54) is 37.2 Å². The van der Waals surface area contributed by atoms with Gasteiger partial charge in [0.05, 0.1) is 0 Å². The molecule has 0 radical (unpaired) electrons. The number of aromatic nitrogens is 1. The van der Waals surface area contributed by atoms with Crippen LogP contribution in [0.2, 0.25) is 5.15 Å². The first-order valence-corrected chi connectivity index (χ1v) is 7.83. The third kappa shape index (κ3) is 2.12. The van der Waals surface area contributed by atoms with Crippen molar-refractivity contribution < 1.29 is 0 Å². The van der Waals surface area contributed by atoms with Gasteiger partial charge in [-0.3, -0.25) is 0 Å². The lowest BCUT2D eigenvalue weighted by molar-refractivity contribution is 0.192. The number of rotatable bonds is 1. The van der Waals surface area contributed by atoms with Gasteiger partial charge in [-0.15, -0.1) is 0 Å². The van der Waals surface area contributed by atoms with Crippen LogP contribution in [0, 0.1) is 11.3 Å². The summed E-state index contributed by atoms with van der Waals surface area (Å²) in [4.78, 5) is 4.80. The maximum Gasteiger partial charge on any atom is 0.162 e. The molecule has 0 bridgehead atoms. The van der Waals surface area contributed by atoms with Crippen LogP contribution >= 0.6 is 23.1 Å². The average Bonchev–Trinajstić information content (AvgIpc) is 2.97. The second-order valence-electron chi connectivity index (χ2n) is 5.55. The van der Waals surface area contributed by atoms with Crippen LogP contribution in [0.3, 0.4) is 0 Å². The lowest BCUT2D eigenvalue weighted by Gasteiger charge is -2.44. The molecule has 2 aliphatic heterocycles. The van der Waals surface area contributed by atoms with Gasteiger partial charge in [-0.25, -0.2) is 0 Å². The Kier molecular flexibility index (Phi) is 3.42. The summed E-state index contributed by atoms with van der Waals surface area (Å²) in [6, 6.07) is 2.22. The molecule has 0 aromatic carbocycles. The number of nitriles is 1. The molecular weight excluding hydrogens is 280 g/mol. The van der Waals surface area contributed by atoms with E-state index >= 15 is 0 Å². The minimum Gasteiger partial charge on any atom is -0.355 e. The fourth-order valence-electron chi connectivity index (χ4n) is 3.35. The number of anilines is 1. The lowest BCUT2D eigenvalue weighted by Crippen LogP contribution is -2.51. The number of hydrogen-bond acceptors (Lipinski definition) is 5. The largest absolute Gasteiger partial charge is 0.355 e. The molecule has 4 nitrogen and oxygen atoms in total. The van der Waals surface area contributed by atoms with Gasteiger partial charge in [0.15, 0.2) is 5.15 Å². The summed E-state index contributed by atoms with van der Waals surface area (Å²) in [5, 5.41) is 10.6. The fraction of sp³-hybridized carbons (Fsp3) is 0.692. The molecule has 2 saturated heterocycles. The van der Waals surface area contributed by atoms with Crippen LogP contribution in [0.4, 0.5) is 5.00 Å². The molecule has 1 spiro atoms. The Hall–Kier alpha value is -0.830. The quantitative estimate of drug-likeness (QED) is 0.799. The van der Waals surface area contributed by atoms with Crippen molar-refractivity contribution in [1.29, 1.82) is 5.26 Å². The molecular formula is C13H17ClN4S. The number of likely N-dealkylation sites (tertiary alicyclic amines) is 1. The fourth-order valence-corrected chi connectivity index (χ4v) is 4.52. The number of nitrogens with zero attached hydrogens (tertiary/aromatic N) is 4. The second kappa shape index (κ2) is 4.93. The Balaban J connectivity index is 1.93. The minimum atomic E-state index is 0.230. The third-order valence-corrected chi connectivity index (χ3v) is 5.75. The third-order valence-electron chi connectivity index (χ3n) is 4.50. The Bertz CT molecular complexity index is 513. The predicted octanol–water partition coefficient (Wildman–Crippen LogP) is 2.73. The van der Waals surface area contributed by atoms with Crippen molar-refractivity contribution in [2.75, 3.05) is 31.6 Å².